The van der Waals surface area contributed by atoms with Crippen LogP contribution >= 0.6 is 0 Å². The molecule has 0 aliphatic carbocycles. The van der Waals surface area contributed by atoms with Crippen molar-refractivity contribution >= 4 is 85.1 Å². The molecule has 6 rings (SSSR count). The number of aliphatic carboxylic acids is 1. The summed E-state index contributed by atoms with van der Waals surface area (Å²) in [4.78, 5) is 10.8. The normalized spacial score (nSPS) is 18.1. The highest BCUT2D eigenvalue weighted by molar-refractivity contribution is 7.87. The average molecular weight is 1060 g/mol. The van der Waals surface area contributed by atoms with Crippen LogP contribution in [0.5, 0.6) is 0 Å². The molecule has 0 saturated heterocycles. The average Bonchev–Trinajstić information content (AvgIpc) is 3.63. The molecule has 0 saturated carbocycles. The molecule has 384 valence electrons. The fourth-order valence-corrected chi connectivity index (χ4v) is 12.4. The zero-order valence-corrected chi connectivity index (χ0v) is 43.0. The van der Waals surface area contributed by atoms with E-state index in [0.29, 0.717) is 78.2 Å². The number of methoxy groups -OCH3 is 2. The topological polar surface area (TPSA) is 291 Å². The zero-order valence-electron chi connectivity index (χ0n) is 39.7. The van der Waals surface area contributed by atoms with Gasteiger partial charge >= 0.3 is 5.97 Å². The summed E-state index contributed by atoms with van der Waals surface area (Å²) in [5, 5.41) is 9.91. The molecule has 2 aliphatic rings. The molecule has 1 unspecified atom stereocenters. The van der Waals surface area contributed by atoms with Crippen molar-refractivity contribution in [2.45, 2.75) is 91.2 Å². The van der Waals surface area contributed by atoms with Gasteiger partial charge in [-0.05, 0) is 122 Å². The Morgan fingerprint density at radius 3 is 1.94 bits per heavy atom. The lowest BCUT2D eigenvalue weighted by Crippen LogP contribution is -2.31. The van der Waals surface area contributed by atoms with E-state index in [1.54, 1.807) is 55.5 Å². The first kappa shape index (κ1) is 55.2. The van der Waals surface area contributed by atoms with Gasteiger partial charge in [-0.15, -0.1) is 0 Å². The van der Waals surface area contributed by atoms with Gasteiger partial charge < -0.3 is 37.7 Å². The van der Waals surface area contributed by atoms with Crippen molar-refractivity contribution in [3.8, 4) is 0 Å². The first-order valence-corrected chi connectivity index (χ1v) is 28.3. The molecule has 1 N–H and O–H groups in total. The van der Waals surface area contributed by atoms with Gasteiger partial charge in [-0.2, -0.15) is 4.58 Å². The van der Waals surface area contributed by atoms with Crippen LogP contribution in [0.25, 0.3) is 21.5 Å². The molecule has 0 amide bonds. The number of nitrogens with zero attached hydrogens (tertiary/aromatic N) is 2. The van der Waals surface area contributed by atoms with Gasteiger partial charge in [0.05, 0.1) is 43.4 Å². The summed E-state index contributed by atoms with van der Waals surface area (Å²) in [6.45, 7) is 6.86. The molecule has 18 nitrogen and oxygen atoms in total. The van der Waals surface area contributed by atoms with E-state index in [1.807, 2.05) is 37.0 Å². The minimum atomic E-state index is -5.33. The van der Waals surface area contributed by atoms with E-state index in [-0.39, 0.29) is 48.1 Å². The van der Waals surface area contributed by atoms with Gasteiger partial charge in [-0.1, -0.05) is 42.5 Å². The van der Waals surface area contributed by atoms with Crippen molar-refractivity contribution in [1.29, 1.82) is 0 Å². The summed E-state index contributed by atoms with van der Waals surface area (Å²) < 4.78 is 161. The van der Waals surface area contributed by atoms with Gasteiger partial charge in [0.1, 0.15) is 36.9 Å². The SMILES string of the molecule is COCCc1cc(S(=O)(=O)[O-])c2ccc3c(c2c1)C(C)(C)C(C=CC=CC=CC=C1N(CCOC)c2ccc4c(S(=O)(=O)[O-])cc(S(=O)(=O)[O-])cc4c2C1(C)CCCS(=O)(=O)[O-])=[N+]3CCCCCC(=O)O. The molecule has 4 aromatic rings. The predicted molar refractivity (Wildman–Crippen MR) is 262 cm³/mol. The van der Waals surface area contributed by atoms with E-state index in [4.69, 9.17) is 9.47 Å². The Kier molecular flexibility index (Phi) is 16.7. The van der Waals surface area contributed by atoms with Crippen LogP contribution in [0, 0.1) is 0 Å². The number of unbranched alkanes of at least 4 members (excludes halogenated alkanes) is 2. The summed E-state index contributed by atoms with van der Waals surface area (Å²) in [6, 6.07) is 11.1. The molecule has 2 heterocycles. The van der Waals surface area contributed by atoms with Crippen molar-refractivity contribution in [3.05, 3.63) is 113 Å². The van der Waals surface area contributed by atoms with Crippen LogP contribution in [0.15, 0.2) is 111 Å². The van der Waals surface area contributed by atoms with Crippen LogP contribution in [0.4, 0.5) is 11.4 Å². The Morgan fingerprint density at radius 2 is 1.32 bits per heavy atom. The smallest absolute Gasteiger partial charge is 0.303 e. The molecule has 0 spiro atoms. The van der Waals surface area contributed by atoms with Crippen LogP contribution < -0.4 is 4.90 Å². The third-order valence-electron chi connectivity index (χ3n) is 13.0. The highest BCUT2D eigenvalue weighted by Gasteiger charge is 2.46. The second-order valence-electron chi connectivity index (χ2n) is 18.1. The molecule has 22 heteroatoms. The van der Waals surface area contributed by atoms with Crippen LogP contribution in [0.1, 0.15) is 76.0 Å². The molecular formula is C49H55N2O16S4-3. The fraction of sp³-hybridized carbons (Fsp3) is 0.388. The molecular weight excluding hydrogens is 1000 g/mol. The maximum Gasteiger partial charge on any atom is 0.303 e. The molecule has 0 aromatic heterocycles. The second-order valence-corrected chi connectivity index (χ2v) is 23.7. The number of carboxylic acid groups (broad SMARTS) is 1. The number of rotatable bonds is 23. The molecule has 0 radical (unpaired) electrons. The van der Waals surface area contributed by atoms with E-state index in [0.717, 1.165) is 23.0 Å². The fourth-order valence-electron chi connectivity index (χ4n) is 9.87. The maximum atomic E-state index is 12.6. The van der Waals surface area contributed by atoms with Gasteiger partial charge in [-0.3, -0.25) is 4.79 Å². The number of ether oxygens (including phenoxy) is 2. The Morgan fingerprint density at radius 1 is 0.704 bits per heavy atom. The summed E-state index contributed by atoms with van der Waals surface area (Å²) in [7, 11) is -17.2. The van der Waals surface area contributed by atoms with Crippen LogP contribution in [-0.2, 0) is 72.0 Å². The molecule has 2 aliphatic heterocycles. The molecule has 71 heavy (non-hydrogen) atoms. The minimum absolute atomic E-state index is 0.0270. The van der Waals surface area contributed by atoms with Gasteiger partial charge in [0.2, 0.25) is 5.69 Å². The predicted octanol–water partition coefficient (Wildman–Crippen LogP) is 6.22. The first-order valence-electron chi connectivity index (χ1n) is 22.5. The summed E-state index contributed by atoms with van der Waals surface area (Å²) in [6.07, 6.45) is 14.3. The number of carboxylic acids is 1. The lowest BCUT2D eigenvalue weighted by atomic mass is 9.75. The number of anilines is 1. The lowest BCUT2D eigenvalue weighted by Gasteiger charge is -2.31. The Bertz CT molecular complexity index is 3380. The van der Waals surface area contributed by atoms with Crippen LogP contribution in [-0.4, -0.2) is 120 Å². The van der Waals surface area contributed by atoms with Crippen LogP contribution in [0.2, 0.25) is 0 Å². The summed E-state index contributed by atoms with van der Waals surface area (Å²) in [5.74, 6) is -1.64. The minimum Gasteiger partial charge on any atom is -0.748 e. The molecule has 0 bridgehead atoms. The quantitative estimate of drug-likeness (QED) is 0.0373. The number of benzene rings is 4. The van der Waals surface area contributed by atoms with Crippen LogP contribution in [0.3, 0.4) is 0 Å². The van der Waals surface area contributed by atoms with Gasteiger partial charge in [-0.25, -0.2) is 33.7 Å². The maximum absolute atomic E-state index is 12.6. The zero-order chi connectivity index (χ0) is 52.3. The number of hydrogen-bond acceptors (Lipinski definition) is 16. The van der Waals surface area contributed by atoms with Crippen molar-refractivity contribution < 1.29 is 75.8 Å². The van der Waals surface area contributed by atoms with Crippen molar-refractivity contribution in [2.24, 2.45) is 0 Å². The van der Waals surface area contributed by atoms with Gasteiger partial charge in [0.15, 0.2) is 5.71 Å². The lowest BCUT2D eigenvalue weighted by molar-refractivity contribution is -0.438. The van der Waals surface area contributed by atoms with Crippen molar-refractivity contribution in [1.82, 2.24) is 0 Å². The van der Waals surface area contributed by atoms with E-state index < -0.39 is 72.8 Å². The Balaban J connectivity index is 1.42. The van der Waals surface area contributed by atoms with Gasteiger partial charge in [0, 0.05) is 73.9 Å². The first-order chi connectivity index (χ1) is 33.1. The van der Waals surface area contributed by atoms with Crippen molar-refractivity contribution in [3.63, 3.8) is 0 Å². The number of fused-ring (bicyclic) bond motifs is 6. The standard InChI is InChI=1S/C49H58N2O16S4/c1-48(2)43(50(24-13-9-12-17-45(52)53)39-20-18-35-37(46(39)48)29-33(22-26-66-4)30-41(35)70(60,61)62)15-10-7-6-8-11-16-44-49(3,23-14-28-68(54,55)56)47-38-31-34(69(57,58)59)32-42(71(63,64)65)36(38)19-21-40(47)51(44)25-27-67-5/h6-8,10-11,15-16,18-21,29-32H,9,12-14,17,22-28H2,1-5H3,(H4-,52,53,54,55,56,57,58,59,60,61,62,63,64,65)/p-3. The molecule has 4 aromatic carbocycles. The number of hydrogen-bond donors (Lipinski definition) is 1. The van der Waals surface area contributed by atoms with E-state index in [2.05, 4.69) is 4.58 Å². The highest BCUT2D eigenvalue weighted by atomic mass is 32.2. The third kappa shape index (κ3) is 12.2. The largest absolute Gasteiger partial charge is 0.748 e. The second kappa shape index (κ2) is 21.5. The monoisotopic (exact) mass is 1060 g/mol. The summed E-state index contributed by atoms with van der Waals surface area (Å²) in [5.41, 5.74) is 2.36. The number of allylic oxidation sites excluding steroid dienone is 8. The molecule has 1 atom stereocenters. The Labute approximate surface area is 414 Å². The van der Waals surface area contributed by atoms with E-state index in [1.165, 1.54) is 26.4 Å². The van der Waals surface area contributed by atoms with Gasteiger partial charge in [0.25, 0.3) is 0 Å². The van der Waals surface area contributed by atoms with E-state index >= 15 is 0 Å². The number of carbonyl (C=O) groups is 1. The highest BCUT2D eigenvalue weighted by Crippen LogP contribution is 2.54. The summed E-state index contributed by atoms with van der Waals surface area (Å²) >= 11 is 0. The molecule has 0 fully saturated rings. The van der Waals surface area contributed by atoms with Crippen molar-refractivity contribution in [2.75, 3.05) is 51.2 Å². The van der Waals surface area contributed by atoms with E-state index in [9.17, 15) is 61.8 Å². The third-order valence-corrected chi connectivity index (χ3v) is 16.3. The Hall–Kier alpha value is -5.14.